The van der Waals surface area contributed by atoms with E-state index >= 15 is 0 Å². The lowest BCUT2D eigenvalue weighted by Crippen LogP contribution is -2.49. The Morgan fingerprint density at radius 1 is 1.33 bits per heavy atom. The van der Waals surface area contributed by atoms with Crippen LogP contribution in [0.1, 0.15) is 31.4 Å². The number of aryl methyl sites for hydroxylation is 1. The van der Waals surface area contributed by atoms with Crippen molar-refractivity contribution in [2.45, 2.75) is 33.2 Å². The van der Waals surface area contributed by atoms with E-state index in [4.69, 9.17) is 12.2 Å². The van der Waals surface area contributed by atoms with Crippen LogP contribution in [0.15, 0.2) is 29.2 Å². The zero-order chi connectivity index (χ0) is 20.1. The van der Waals surface area contributed by atoms with Gasteiger partial charge < -0.3 is 10.4 Å². The van der Waals surface area contributed by atoms with Crippen molar-refractivity contribution >= 4 is 52.2 Å². The quantitative estimate of drug-likeness (QED) is 0.535. The lowest BCUT2D eigenvalue weighted by molar-refractivity contribution is -0.143. The van der Waals surface area contributed by atoms with Crippen LogP contribution < -0.4 is 5.32 Å². The molecule has 0 radical (unpaired) electrons. The summed E-state index contributed by atoms with van der Waals surface area (Å²) in [6.07, 6.45) is 2.34. The van der Waals surface area contributed by atoms with E-state index in [1.54, 1.807) is 13.0 Å². The second-order valence-corrected chi connectivity index (χ2v) is 8.12. The predicted octanol–water partition coefficient (Wildman–Crippen LogP) is 2.81. The van der Waals surface area contributed by atoms with Gasteiger partial charge in [0.1, 0.15) is 16.9 Å². The highest BCUT2D eigenvalue weighted by atomic mass is 32.2. The maximum atomic E-state index is 12.6. The zero-order valence-electron chi connectivity index (χ0n) is 15.4. The van der Waals surface area contributed by atoms with Crippen LogP contribution in [0.3, 0.4) is 0 Å². The Morgan fingerprint density at radius 2 is 1.96 bits per heavy atom. The van der Waals surface area contributed by atoms with E-state index in [0.29, 0.717) is 11.3 Å². The maximum Gasteiger partial charge on any atom is 0.326 e. The minimum absolute atomic E-state index is 0.223. The number of carbonyl (C=O) groups is 3. The maximum absolute atomic E-state index is 12.6. The highest BCUT2D eigenvalue weighted by molar-refractivity contribution is 8.26. The third-order valence-corrected chi connectivity index (χ3v) is 5.72. The zero-order valence-corrected chi connectivity index (χ0v) is 17.0. The average molecular weight is 407 g/mol. The van der Waals surface area contributed by atoms with Gasteiger partial charge in [0.05, 0.1) is 4.91 Å². The molecule has 1 heterocycles. The van der Waals surface area contributed by atoms with Crippen LogP contribution in [-0.2, 0) is 14.4 Å². The third-order valence-electron chi connectivity index (χ3n) is 4.35. The first-order valence-corrected chi connectivity index (χ1v) is 9.79. The fraction of sp³-hybridized carbons (Fsp3) is 0.368. The number of amides is 2. The van der Waals surface area contributed by atoms with Gasteiger partial charge in [0.15, 0.2) is 0 Å². The van der Waals surface area contributed by atoms with Crippen LogP contribution in [0.25, 0.3) is 6.08 Å². The number of hydrogen-bond acceptors (Lipinski definition) is 5. The van der Waals surface area contributed by atoms with E-state index in [9.17, 15) is 19.5 Å². The molecule has 27 heavy (non-hydrogen) atoms. The largest absolute Gasteiger partial charge is 0.480 e. The Balaban J connectivity index is 2.07. The smallest absolute Gasteiger partial charge is 0.326 e. The van der Waals surface area contributed by atoms with E-state index in [1.165, 1.54) is 4.90 Å². The number of carboxylic acid groups (broad SMARTS) is 1. The Kier molecular flexibility index (Phi) is 7.15. The van der Waals surface area contributed by atoms with Gasteiger partial charge in [-0.25, -0.2) is 4.79 Å². The van der Waals surface area contributed by atoms with Gasteiger partial charge in [-0.15, -0.1) is 0 Å². The molecule has 2 N–H and O–H groups in total. The molecule has 0 spiro atoms. The summed E-state index contributed by atoms with van der Waals surface area (Å²) in [6.45, 7) is 5.29. The minimum Gasteiger partial charge on any atom is -0.480 e. The number of thioether (sulfide) groups is 1. The third kappa shape index (κ3) is 5.40. The number of rotatable bonds is 7. The molecule has 1 aromatic rings. The van der Waals surface area contributed by atoms with Gasteiger partial charge in [0.25, 0.3) is 5.91 Å². The summed E-state index contributed by atoms with van der Waals surface area (Å²) in [7, 11) is 0. The molecule has 144 valence electrons. The van der Waals surface area contributed by atoms with Gasteiger partial charge in [-0.05, 0) is 24.5 Å². The average Bonchev–Trinajstić information content (AvgIpc) is 2.88. The number of carbonyl (C=O) groups excluding carboxylic acids is 2. The number of thiocarbonyl (C=S) groups is 1. The first-order valence-electron chi connectivity index (χ1n) is 8.57. The molecule has 2 amide bonds. The molecule has 0 saturated carbocycles. The summed E-state index contributed by atoms with van der Waals surface area (Å²) in [5.74, 6) is -2.21. The molecule has 1 aliphatic rings. The van der Waals surface area contributed by atoms with Crippen LogP contribution in [0.2, 0.25) is 0 Å². The highest BCUT2D eigenvalue weighted by Gasteiger charge is 2.34. The van der Waals surface area contributed by atoms with E-state index in [-0.39, 0.29) is 22.7 Å². The molecule has 1 saturated heterocycles. The molecule has 2 atom stereocenters. The summed E-state index contributed by atoms with van der Waals surface area (Å²) < 4.78 is 0.281. The predicted molar refractivity (Wildman–Crippen MR) is 110 cm³/mol. The number of nitrogens with one attached hydrogen (secondary N) is 1. The van der Waals surface area contributed by atoms with Crippen molar-refractivity contribution < 1.29 is 19.5 Å². The summed E-state index contributed by atoms with van der Waals surface area (Å²) in [5, 5.41) is 11.8. The molecule has 1 aliphatic heterocycles. The molecule has 6 nitrogen and oxygen atoms in total. The fourth-order valence-electron chi connectivity index (χ4n) is 2.50. The minimum atomic E-state index is -1.10. The monoisotopic (exact) mass is 406 g/mol. The van der Waals surface area contributed by atoms with Gasteiger partial charge in [-0.1, -0.05) is 74.1 Å². The summed E-state index contributed by atoms with van der Waals surface area (Å²) in [6, 6.07) is 6.70. The highest BCUT2D eigenvalue weighted by Crippen LogP contribution is 2.32. The van der Waals surface area contributed by atoms with E-state index in [2.05, 4.69) is 5.32 Å². The summed E-state index contributed by atoms with van der Waals surface area (Å²) in [5.41, 5.74) is 1.99. The number of nitrogens with zero attached hydrogens (tertiary/aromatic N) is 1. The molecule has 0 aromatic heterocycles. The Hall–Kier alpha value is -2.19. The van der Waals surface area contributed by atoms with Crippen LogP contribution in [0.4, 0.5) is 0 Å². The van der Waals surface area contributed by atoms with Crippen molar-refractivity contribution in [3.63, 3.8) is 0 Å². The molecule has 8 heteroatoms. The van der Waals surface area contributed by atoms with Crippen molar-refractivity contribution in [3.05, 3.63) is 40.3 Å². The van der Waals surface area contributed by atoms with Crippen molar-refractivity contribution in [2.24, 2.45) is 5.92 Å². The molecule has 2 rings (SSSR count). The van der Waals surface area contributed by atoms with Gasteiger partial charge >= 0.3 is 5.97 Å². The van der Waals surface area contributed by atoms with Crippen molar-refractivity contribution in [1.82, 2.24) is 10.2 Å². The van der Waals surface area contributed by atoms with Crippen molar-refractivity contribution in [1.29, 1.82) is 0 Å². The van der Waals surface area contributed by atoms with E-state index in [1.807, 2.05) is 38.1 Å². The fourth-order valence-corrected chi connectivity index (χ4v) is 3.75. The summed E-state index contributed by atoms with van der Waals surface area (Å²) >= 11 is 6.35. The second kappa shape index (κ2) is 9.14. The Bertz CT molecular complexity index is 789. The Morgan fingerprint density at radius 3 is 2.52 bits per heavy atom. The standard InChI is InChI=1S/C19H22N2O4S2/c1-4-12(3)16(18(24)25)20-15(22)10-21-17(23)14(27-19(21)26)9-13-7-5-11(2)6-8-13/h5-9,12,16H,4,10H2,1-3H3,(H,20,22)(H,24,25)/b14-9+/t12-,16-/m0/s1. The lowest BCUT2D eigenvalue weighted by atomic mass is 9.99. The molecular weight excluding hydrogens is 384 g/mol. The normalized spacial score (nSPS) is 17.9. The van der Waals surface area contributed by atoms with Gasteiger partial charge in [0.2, 0.25) is 5.91 Å². The second-order valence-electron chi connectivity index (χ2n) is 6.45. The number of carboxylic acids is 1. The first kappa shape index (κ1) is 21.1. The molecule has 0 aliphatic carbocycles. The van der Waals surface area contributed by atoms with Crippen LogP contribution in [0, 0.1) is 12.8 Å². The molecule has 1 fully saturated rings. The van der Waals surface area contributed by atoms with E-state index in [0.717, 1.165) is 22.9 Å². The van der Waals surface area contributed by atoms with Crippen LogP contribution in [-0.4, -0.2) is 44.7 Å². The van der Waals surface area contributed by atoms with Crippen molar-refractivity contribution in [3.8, 4) is 0 Å². The molecule has 1 aromatic carbocycles. The number of hydrogen-bond donors (Lipinski definition) is 2. The summed E-state index contributed by atoms with van der Waals surface area (Å²) in [4.78, 5) is 37.8. The number of aliphatic carboxylic acids is 1. The lowest BCUT2D eigenvalue weighted by Gasteiger charge is -2.21. The first-order chi connectivity index (χ1) is 12.7. The topological polar surface area (TPSA) is 86.7 Å². The van der Waals surface area contributed by atoms with E-state index < -0.39 is 17.9 Å². The Labute approximate surface area is 168 Å². The van der Waals surface area contributed by atoms with Gasteiger partial charge in [-0.2, -0.15) is 0 Å². The SMILES string of the molecule is CC[C@H](C)[C@H](NC(=O)CN1C(=O)/C(=C\c2ccc(C)cc2)SC1=S)C(=O)O. The van der Waals surface area contributed by atoms with Gasteiger partial charge in [-0.3, -0.25) is 14.5 Å². The van der Waals surface area contributed by atoms with Crippen LogP contribution >= 0.6 is 24.0 Å². The molecular formula is C19H22N2O4S2. The van der Waals surface area contributed by atoms with Crippen LogP contribution in [0.5, 0.6) is 0 Å². The molecule has 0 unspecified atom stereocenters. The molecule has 0 bridgehead atoms. The van der Waals surface area contributed by atoms with Crippen molar-refractivity contribution in [2.75, 3.05) is 6.54 Å². The number of benzene rings is 1. The van der Waals surface area contributed by atoms with Gasteiger partial charge in [0, 0.05) is 0 Å².